The van der Waals surface area contributed by atoms with E-state index in [1.165, 1.54) is 0 Å². The van der Waals surface area contributed by atoms with Crippen molar-refractivity contribution < 1.29 is 14.6 Å². The Morgan fingerprint density at radius 3 is 2.61 bits per heavy atom. The second-order valence-corrected chi connectivity index (χ2v) is 8.88. The van der Waals surface area contributed by atoms with Crippen molar-refractivity contribution in [2.75, 3.05) is 0 Å². The van der Waals surface area contributed by atoms with Gasteiger partial charge in [-0.2, -0.15) is 0 Å². The van der Waals surface area contributed by atoms with E-state index in [4.69, 9.17) is 39.5 Å². The second-order valence-electron chi connectivity index (χ2n) is 7.62. The number of halogens is 3. The summed E-state index contributed by atoms with van der Waals surface area (Å²) in [7, 11) is 0. The van der Waals surface area contributed by atoms with Crippen molar-refractivity contribution in [3.8, 4) is 5.75 Å². The first-order valence-corrected chi connectivity index (χ1v) is 11.4. The molecule has 0 unspecified atom stereocenters. The maximum atomic E-state index is 12.0. The summed E-state index contributed by atoms with van der Waals surface area (Å²) >= 11 is 18.3. The van der Waals surface area contributed by atoms with Gasteiger partial charge in [0, 0.05) is 40.7 Å². The molecule has 0 saturated heterocycles. The fourth-order valence-electron chi connectivity index (χ4n) is 3.62. The number of H-pyrrole nitrogens is 1. The van der Waals surface area contributed by atoms with Gasteiger partial charge in [-0.05, 0) is 47.5 Å². The van der Waals surface area contributed by atoms with Crippen LogP contribution in [0.2, 0.25) is 15.1 Å². The number of nitrogens with one attached hydrogen (secondary N) is 2. The minimum Gasteiger partial charge on any atom is -0.489 e. The molecule has 4 aromatic rings. The Hall–Kier alpha value is -2.70. The zero-order valence-corrected chi connectivity index (χ0v) is 19.7. The number of rotatable bonds is 9. The average Bonchev–Trinajstić information content (AvgIpc) is 3.21. The molecule has 0 aliphatic rings. The number of aromatic nitrogens is 1. The van der Waals surface area contributed by atoms with Gasteiger partial charge in [0.05, 0.1) is 10.0 Å². The van der Waals surface area contributed by atoms with Crippen molar-refractivity contribution in [2.45, 2.75) is 25.6 Å². The first-order chi connectivity index (χ1) is 15.9. The van der Waals surface area contributed by atoms with Crippen molar-refractivity contribution in [1.29, 1.82) is 0 Å². The molecule has 0 saturated carbocycles. The van der Waals surface area contributed by atoms with Gasteiger partial charge in [0.15, 0.2) is 0 Å². The Labute approximate surface area is 206 Å². The van der Waals surface area contributed by atoms with Gasteiger partial charge in [-0.15, -0.1) is 0 Å². The molecule has 5 nitrogen and oxygen atoms in total. The third kappa shape index (κ3) is 5.81. The molecule has 3 N–H and O–H groups in total. The smallest absolute Gasteiger partial charge is 0.321 e. The minimum absolute atomic E-state index is 0.274. The van der Waals surface area contributed by atoms with Gasteiger partial charge in [0.2, 0.25) is 0 Å². The number of carboxylic acids is 1. The fraction of sp³-hybridized carbons (Fsp3) is 0.160. The van der Waals surface area contributed by atoms with E-state index < -0.39 is 12.0 Å². The van der Waals surface area contributed by atoms with E-state index in [0.29, 0.717) is 27.2 Å². The van der Waals surface area contributed by atoms with Gasteiger partial charge in [-0.3, -0.25) is 10.1 Å². The molecular weight excluding hydrogens is 483 g/mol. The van der Waals surface area contributed by atoms with Crippen LogP contribution >= 0.6 is 34.8 Å². The maximum Gasteiger partial charge on any atom is 0.321 e. The van der Waals surface area contributed by atoms with Crippen LogP contribution in [0.3, 0.4) is 0 Å². The zero-order valence-electron chi connectivity index (χ0n) is 17.4. The van der Waals surface area contributed by atoms with Crippen LogP contribution in [0.15, 0.2) is 66.9 Å². The first-order valence-electron chi connectivity index (χ1n) is 10.3. The number of para-hydroxylation sites is 1. The number of carbonyl (C=O) groups is 1. The van der Waals surface area contributed by atoms with Crippen LogP contribution in [0.5, 0.6) is 5.75 Å². The molecular formula is C25H21Cl3N2O3. The van der Waals surface area contributed by atoms with Crippen LogP contribution in [-0.2, 0) is 24.4 Å². The van der Waals surface area contributed by atoms with Crippen molar-refractivity contribution in [1.82, 2.24) is 10.3 Å². The van der Waals surface area contributed by atoms with Crippen LogP contribution in [-0.4, -0.2) is 22.1 Å². The van der Waals surface area contributed by atoms with E-state index in [1.54, 1.807) is 30.3 Å². The molecule has 0 aliphatic heterocycles. The summed E-state index contributed by atoms with van der Waals surface area (Å²) in [4.78, 5) is 15.1. The molecule has 0 radical (unpaired) electrons. The molecule has 4 rings (SSSR count). The van der Waals surface area contributed by atoms with Gasteiger partial charge in [0.1, 0.15) is 18.4 Å². The molecule has 1 aromatic heterocycles. The normalized spacial score (nSPS) is 12.1. The number of hydrogen-bond donors (Lipinski definition) is 3. The lowest BCUT2D eigenvalue weighted by Crippen LogP contribution is -2.38. The summed E-state index contributed by atoms with van der Waals surface area (Å²) in [6.07, 6.45) is 2.19. The third-order valence-electron chi connectivity index (χ3n) is 5.34. The van der Waals surface area contributed by atoms with Crippen LogP contribution in [0.4, 0.5) is 0 Å². The Morgan fingerprint density at radius 2 is 1.82 bits per heavy atom. The number of ether oxygens (including phenoxy) is 1. The molecule has 8 heteroatoms. The van der Waals surface area contributed by atoms with Crippen LogP contribution in [0.25, 0.3) is 10.9 Å². The molecule has 0 spiro atoms. The SMILES string of the molecule is O=C(O)[C@H](Cc1c[nH]c2ccccc12)NCc1cc(Cl)ccc1OCc1ccc(Cl)c(Cl)c1. The average molecular weight is 504 g/mol. The predicted octanol–water partition coefficient (Wildman–Crippen LogP) is 6.49. The predicted molar refractivity (Wildman–Crippen MR) is 133 cm³/mol. The van der Waals surface area contributed by atoms with Crippen molar-refractivity contribution in [3.63, 3.8) is 0 Å². The molecule has 3 aromatic carbocycles. The van der Waals surface area contributed by atoms with Crippen LogP contribution in [0, 0.1) is 0 Å². The highest BCUT2D eigenvalue weighted by molar-refractivity contribution is 6.42. The summed E-state index contributed by atoms with van der Waals surface area (Å²) < 4.78 is 5.98. The van der Waals surface area contributed by atoms with E-state index in [2.05, 4.69) is 10.3 Å². The minimum atomic E-state index is -0.930. The Balaban J connectivity index is 1.47. The lowest BCUT2D eigenvalue weighted by molar-refractivity contribution is -0.139. The van der Waals surface area contributed by atoms with Crippen molar-refractivity contribution in [2.24, 2.45) is 0 Å². The van der Waals surface area contributed by atoms with E-state index in [-0.39, 0.29) is 13.2 Å². The number of aromatic amines is 1. The lowest BCUT2D eigenvalue weighted by Gasteiger charge is -2.17. The Kier molecular flexibility index (Phi) is 7.46. The third-order valence-corrected chi connectivity index (χ3v) is 6.31. The molecule has 1 heterocycles. The number of hydrogen-bond acceptors (Lipinski definition) is 3. The topological polar surface area (TPSA) is 74.3 Å². The van der Waals surface area contributed by atoms with E-state index >= 15 is 0 Å². The fourth-order valence-corrected chi connectivity index (χ4v) is 4.13. The quantitative estimate of drug-likeness (QED) is 0.244. The van der Waals surface area contributed by atoms with E-state index in [1.807, 2.05) is 36.5 Å². The van der Waals surface area contributed by atoms with Gasteiger partial charge >= 0.3 is 5.97 Å². The van der Waals surface area contributed by atoms with E-state index in [0.717, 1.165) is 27.6 Å². The number of aliphatic carboxylic acids is 1. The van der Waals surface area contributed by atoms with Gasteiger partial charge < -0.3 is 14.8 Å². The maximum absolute atomic E-state index is 12.0. The molecule has 0 amide bonds. The Morgan fingerprint density at radius 1 is 1.00 bits per heavy atom. The second kappa shape index (κ2) is 10.5. The van der Waals surface area contributed by atoms with Crippen molar-refractivity contribution >= 4 is 51.7 Å². The van der Waals surface area contributed by atoms with E-state index in [9.17, 15) is 9.90 Å². The summed E-state index contributed by atoms with van der Waals surface area (Å²) in [6, 6.07) is 17.6. The molecule has 0 aliphatic carbocycles. The van der Waals surface area contributed by atoms with Gasteiger partial charge in [0.25, 0.3) is 0 Å². The highest BCUT2D eigenvalue weighted by Crippen LogP contribution is 2.27. The highest BCUT2D eigenvalue weighted by Gasteiger charge is 2.20. The Bertz CT molecular complexity index is 1290. The molecule has 0 fully saturated rings. The molecule has 33 heavy (non-hydrogen) atoms. The first kappa shape index (κ1) is 23.5. The molecule has 170 valence electrons. The van der Waals surface area contributed by atoms with Gasteiger partial charge in [-0.1, -0.05) is 59.1 Å². The summed E-state index contributed by atoms with van der Waals surface area (Å²) in [5.41, 5.74) is 3.53. The number of carboxylic acid groups (broad SMARTS) is 1. The summed E-state index contributed by atoms with van der Waals surface area (Å²) in [6.45, 7) is 0.555. The van der Waals surface area contributed by atoms with Crippen LogP contribution < -0.4 is 10.1 Å². The summed E-state index contributed by atoms with van der Waals surface area (Å²) in [5.74, 6) is -0.324. The molecule has 0 bridgehead atoms. The number of benzene rings is 3. The van der Waals surface area contributed by atoms with Crippen molar-refractivity contribution in [3.05, 3.63) is 98.6 Å². The largest absolute Gasteiger partial charge is 0.489 e. The zero-order chi connectivity index (χ0) is 23.4. The van der Waals surface area contributed by atoms with Gasteiger partial charge in [-0.25, -0.2) is 0 Å². The monoisotopic (exact) mass is 502 g/mol. The standard InChI is InChI=1S/C25H21Cl3N2O3/c26-18-6-8-24(33-14-15-5-7-20(27)21(28)9-15)17(10-18)13-30-23(25(31)32)11-16-12-29-22-4-2-1-3-19(16)22/h1-10,12,23,29-30H,11,13-14H2,(H,31,32)/t23-/m0/s1. The summed E-state index contributed by atoms with van der Waals surface area (Å²) in [5, 5.41) is 15.4. The van der Waals surface area contributed by atoms with Crippen LogP contribution in [0.1, 0.15) is 16.7 Å². The molecule has 1 atom stereocenters. The highest BCUT2D eigenvalue weighted by atomic mass is 35.5. The number of fused-ring (bicyclic) bond motifs is 1. The lowest BCUT2D eigenvalue weighted by atomic mass is 10.0.